The van der Waals surface area contributed by atoms with Gasteiger partial charge in [-0.15, -0.1) is 0 Å². The van der Waals surface area contributed by atoms with E-state index in [1.807, 2.05) is 19.2 Å². The Morgan fingerprint density at radius 1 is 0.816 bits per heavy atom. The second kappa shape index (κ2) is 9.86. The molecule has 0 bridgehead atoms. The van der Waals surface area contributed by atoms with E-state index in [1.165, 1.54) is 61.8 Å². The van der Waals surface area contributed by atoms with Crippen molar-refractivity contribution < 1.29 is 8.42 Å². The van der Waals surface area contributed by atoms with Crippen molar-refractivity contribution in [1.82, 2.24) is 14.5 Å². The molecule has 38 heavy (non-hydrogen) atoms. The minimum atomic E-state index is -3.23. The average Bonchev–Trinajstić information content (AvgIpc) is 3.58. The highest BCUT2D eigenvalue weighted by Gasteiger charge is 2.26. The Balaban J connectivity index is 1.23. The van der Waals surface area contributed by atoms with Crippen LogP contribution in [0.5, 0.6) is 0 Å². The minimum absolute atomic E-state index is 0.317. The lowest BCUT2D eigenvalue weighted by atomic mass is 10.00. The van der Waals surface area contributed by atoms with Gasteiger partial charge >= 0.3 is 0 Å². The fourth-order valence-electron chi connectivity index (χ4n) is 6.19. The van der Waals surface area contributed by atoms with Crippen LogP contribution in [0.1, 0.15) is 31.2 Å². The standard InChI is InChI=1S/C31H36N4O2S/c1-22-20-25(21-29-30(22)32-31(33(29)2)24-8-12-28(13-9-24)38(3,36)37)23-6-10-26(11-7-23)35-18-14-27(15-19-35)34-16-4-5-17-34/h6-13,20-21,27H,4-5,14-19H2,1-3H3. The molecule has 0 saturated carbocycles. The SMILES string of the molecule is Cc1cc(-c2ccc(N3CCC(N4CCCC4)CC3)cc2)cc2c1nc(-c1ccc(S(C)(=O)=O)cc1)n2C. The summed E-state index contributed by atoms with van der Waals surface area (Å²) in [5, 5.41) is 0. The van der Waals surface area contributed by atoms with Gasteiger partial charge in [-0.1, -0.05) is 12.1 Å². The smallest absolute Gasteiger partial charge is 0.175 e. The Kier molecular flexibility index (Phi) is 6.52. The number of anilines is 1. The largest absolute Gasteiger partial charge is 0.371 e. The summed E-state index contributed by atoms with van der Waals surface area (Å²) in [7, 11) is -1.21. The summed E-state index contributed by atoms with van der Waals surface area (Å²) in [5.74, 6) is 0.827. The number of aryl methyl sites for hydroxylation is 2. The van der Waals surface area contributed by atoms with Crippen molar-refractivity contribution in [3.05, 3.63) is 66.2 Å². The fraction of sp³-hybridized carbons (Fsp3) is 0.387. The number of hydrogen-bond acceptors (Lipinski definition) is 5. The molecule has 4 aromatic rings. The van der Waals surface area contributed by atoms with Crippen molar-refractivity contribution in [2.75, 3.05) is 37.3 Å². The van der Waals surface area contributed by atoms with Gasteiger partial charge in [0.1, 0.15) is 5.82 Å². The zero-order chi connectivity index (χ0) is 26.4. The molecule has 0 aliphatic carbocycles. The third kappa shape index (κ3) is 4.74. The molecule has 0 N–H and O–H groups in total. The molecule has 2 fully saturated rings. The summed E-state index contributed by atoms with van der Waals surface area (Å²) < 4.78 is 25.8. The monoisotopic (exact) mass is 528 g/mol. The predicted molar refractivity (Wildman–Crippen MR) is 155 cm³/mol. The molecule has 198 valence electrons. The lowest BCUT2D eigenvalue weighted by Crippen LogP contribution is -2.43. The van der Waals surface area contributed by atoms with Crippen molar-refractivity contribution in [2.24, 2.45) is 7.05 Å². The Labute approximate surface area is 225 Å². The van der Waals surface area contributed by atoms with Crippen LogP contribution in [-0.4, -0.2) is 61.3 Å². The van der Waals surface area contributed by atoms with Crippen LogP contribution in [0.2, 0.25) is 0 Å². The molecule has 0 atom stereocenters. The highest BCUT2D eigenvalue weighted by Crippen LogP contribution is 2.32. The summed E-state index contributed by atoms with van der Waals surface area (Å²) in [6, 6.07) is 21.2. The first kappa shape index (κ1) is 25.1. The van der Waals surface area contributed by atoms with Gasteiger partial charge in [0.15, 0.2) is 9.84 Å². The summed E-state index contributed by atoms with van der Waals surface area (Å²) in [5.41, 5.74) is 7.75. The number of sulfone groups is 1. The Hall–Kier alpha value is -3.16. The number of benzene rings is 3. The molecule has 0 amide bonds. The summed E-state index contributed by atoms with van der Waals surface area (Å²) in [6.07, 6.45) is 6.48. The number of rotatable bonds is 5. The molecule has 0 spiro atoms. The van der Waals surface area contributed by atoms with Crippen molar-refractivity contribution in [1.29, 1.82) is 0 Å². The molecule has 6 rings (SSSR count). The van der Waals surface area contributed by atoms with Crippen LogP contribution in [0.3, 0.4) is 0 Å². The van der Waals surface area contributed by atoms with Crippen LogP contribution in [-0.2, 0) is 16.9 Å². The Morgan fingerprint density at radius 3 is 2.08 bits per heavy atom. The maximum absolute atomic E-state index is 11.9. The number of fused-ring (bicyclic) bond motifs is 1. The van der Waals surface area contributed by atoms with E-state index < -0.39 is 9.84 Å². The van der Waals surface area contributed by atoms with Gasteiger partial charge in [-0.25, -0.2) is 13.4 Å². The van der Waals surface area contributed by atoms with Gasteiger partial charge in [-0.05, 0) is 111 Å². The highest BCUT2D eigenvalue weighted by molar-refractivity contribution is 7.90. The second-order valence-corrected chi connectivity index (χ2v) is 13.0. The predicted octanol–water partition coefficient (Wildman–Crippen LogP) is 5.68. The maximum Gasteiger partial charge on any atom is 0.175 e. The zero-order valence-electron chi connectivity index (χ0n) is 22.5. The molecular weight excluding hydrogens is 492 g/mol. The summed E-state index contributed by atoms with van der Waals surface area (Å²) >= 11 is 0. The molecule has 0 unspecified atom stereocenters. The lowest BCUT2D eigenvalue weighted by Gasteiger charge is -2.37. The first-order valence-electron chi connectivity index (χ1n) is 13.6. The van der Waals surface area contributed by atoms with Crippen LogP contribution < -0.4 is 4.90 Å². The first-order valence-corrected chi connectivity index (χ1v) is 15.5. The summed E-state index contributed by atoms with van der Waals surface area (Å²) in [6.45, 7) is 6.95. The number of imidazole rings is 1. The lowest BCUT2D eigenvalue weighted by molar-refractivity contribution is 0.208. The van der Waals surface area contributed by atoms with E-state index in [0.717, 1.165) is 47.1 Å². The maximum atomic E-state index is 11.9. The number of aromatic nitrogens is 2. The number of likely N-dealkylation sites (tertiary alicyclic amines) is 1. The minimum Gasteiger partial charge on any atom is -0.371 e. The van der Waals surface area contributed by atoms with Gasteiger partial charge in [-0.3, -0.25) is 0 Å². The van der Waals surface area contributed by atoms with Gasteiger partial charge in [0.05, 0.1) is 15.9 Å². The first-order chi connectivity index (χ1) is 18.3. The molecule has 0 radical (unpaired) electrons. The van der Waals surface area contributed by atoms with Crippen molar-refractivity contribution in [3.63, 3.8) is 0 Å². The molecule has 7 heteroatoms. The van der Waals surface area contributed by atoms with E-state index in [0.29, 0.717) is 4.90 Å². The molecular formula is C31H36N4O2S. The van der Waals surface area contributed by atoms with E-state index in [1.54, 1.807) is 12.1 Å². The van der Waals surface area contributed by atoms with Gasteiger partial charge in [0.25, 0.3) is 0 Å². The number of nitrogens with zero attached hydrogens (tertiary/aromatic N) is 4. The zero-order valence-corrected chi connectivity index (χ0v) is 23.3. The van der Waals surface area contributed by atoms with Gasteiger partial charge in [-0.2, -0.15) is 0 Å². The molecule has 2 aliphatic rings. The van der Waals surface area contributed by atoms with Crippen molar-refractivity contribution >= 4 is 26.6 Å². The number of hydrogen-bond donors (Lipinski definition) is 0. The quantitative estimate of drug-likeness (QED) is 0.333. The van der Waals surface area contributed by atoms with E-state index in [-0.39, 0.29) is 0 Å². The molecule has 2 aliphatic heterocycles. The molecule has 3 aromatic carbocycles. The average molecular weight is 529 g/mol. The highest BCUT2D eigenvalue weighted by atomic mass is 32.2. The van der Waals surface area contributed by atoms with Crippen molar-refractivity contribution in [2.45, 2.75) is 43.5 Å². The second-order valence-electron chi connectivity index (χ2n) is 11.0. The van der Waals surface area contributed by atoms with Crippen LogP contribution in [0.4, 0.5) is 5.69 Å². The Morgan fingerprint density at radius 2 is 1.45 bits per heavy atom. The topological polar surface area (TPSA) is 58.4 Å². The van der Waals surface area contributed by atoms with E-state index in [2.05, 4.69) is 57.7 Å². The Bertz CT molecular complexity index is 1560. The normalized spacial score (nSPS) is 17.5. The van der Waals surface area contributed by atoms with E-state index >= 15 is 0 Å². The summed E-state index contributed by atoms with van der Waals surface area (Å²) in [4.78, 5) is 10.5. The van der Waals surface area contributed by atoms with Gasteiger partial charge in [0, 0.05) is 43.7 Å². The van der Waals surface area contributed by atoms with Crippen LogP contribution in [0.25, 0.3) is 33.5 Å². The molecule has 6 nitrogen and oxygen atoms in total. The van der Waals surface area contributed by atoms with Crippen molar-refractivity contribution in [3.8, 4) is 22.5 Å². The van der Waals surface area contributed by atoms with Crippen LogP contribution in [0, 0.1) is 6.92 Å². The third-order valence-electron chi connectivity index (χ3n) is 8.41. The molecule has 2 saturated heterocycles. The van der Waals surface area contributed by atoms with Gasteiger partial charge in [0.2, 0.25) is 0 Å². The number of piperidine rings is 1. The van der Waals surface area contributed by atoms with Crippen LogP contribution in [0.15, 0.2) is 65.6 Å². The van der Waals surface area contributed by atoms with Crippen LogP contribution >= 0.6 is 0 Å². The van der Waals surface area contributed by atoms with E-state index in [4.69, 9.17) is 4.98 Å². The molecule has 3 heterocycles. The van der Waals surface area contributed by atoms with E-state index in [9.17, 15) is 8.42 Å². The van der Waals surface area contributed by atoms with Gasteiger partial charge < -0.3 is 14.4 Å². The third-order valence-corrected chi connectivity index (χ3v) is 9.53. The molecule has 1 aromatic heterocycles. The fourth-order valence-corrected chi connectivity index (χ4v) is 6.82.